The maximum atomic E-state index is 12.3. The Balaban J connectivity index is 1.81. The molecule has 4 nitrogen and oxygen atoms in total. The molecule has 112 valence electrons. The van der Waals surface area contributed by atoms with Gasteiger partial charge < -0.3 is 5.32 Å². The number of fused-ring (bicyclic) bond motifs is 1. The Morgan fingerprint density at radius 2 is 1.91 bits per heavy atom. The number of anilines is 1. The summed E-state index contributed by atoms with van der Waals surface area (Å²) in [5.41, 5.74) is 5.02. The van der Waals surface area contributed by atoms with Crippen molar-refractivity contribution in [2.24, 2.45) is 0 Å². The molecule has 0 radical (unpaired) electrons. The average molecular weight is 293 g/mol. The van der Waals surface area contributed by atoms with Gasteiger partial charge in [-0.15, -0.1) is 0 Å². The van der Waals surface area contributed by atoms with Crippen LogP contribution < -0.4 is 5.32 Å². The van der Waals surface area contributed by atoms with E-state index in [9.17, 15) is 4.79 Å². The summed E-state index contributed by atoms with van der Waals surface area (Å²) in [4.78, 5) is 12.3. The molecule has 0 fully saturated rings. The molecule has 0 unspecified atom stereocenters. The Labute approximate surface area is 129 Å². The van der Waals surface area contributed by atoms with Gasteiger partial charge in [-0.2, -0.15) is 5.10 Å². The summed E-state index contributed by atoms with van der Waals surface area (Å²) < 4.78 is 1.75. The Bertz CT molecular complexity index is 849. The third kappa shape index (κ3) is 2.72. The van der Waals surface area contributed by atoms with E-state index in [1.807, 2.05) is 57.2 Å². The van der Waals surface area contributed by atoms with Crippen molar-refractivity contribution >= 4 is 22.5 Å². The van der Waals surface area contributed by atoms with Crippen LogP contribution in [0.2, 0.25) is 0 Å². The summed E-state index contributed by atoms with van der Waals surface area (Å²) in [5.74, 6) is -0.0693. The van der Waals surface area contributed by atoms with Crippen molar-refractivity contribution in [2.75, 3.05) is 5.32 Å². The number of aryl methyl sites for hydroxylation is 3. The zero-order valence-corrected chi connectivity index (χ0v) is 13.1. The Hall–Kier alpha value is -2.62. The summed E-state index contributed by atoms with van der Waals surface area (Å²) in [5, 5.41) is 8.51. The average Bonchev–Trinajstić information content (AvgIpc) is 2.79. The van der Waals surface area contributed by atoms with E-state index in [0.717, 1.165) is 27.8 Å². The highest BCUT2D eigenvalue weighted by molar-refractivity contribution is 5.92. The lowest BCUT2D eigenvalue weighted by Gasteiger charge is -2.09. The van der Waals surface area contributed by atoms with Gasteiger partial charge in [-0.3, -0.25) is 9.48 Å². The van der Waals surface area contributed by atoms with Crippen molar-refractivity contribution in [2.45, 2.75) is 27.3 Å². The third-order valence-corrected chi connectivity index (χ3v) is 3.79. The van der Waals surface area contributed by atoms with Crippen LogP contribution in [0.25, 0.3) is 10.9 Å². The van der Waals surface area contributed by atoms with Crippen molar-refractivity contribution in [1.82, 2.24) is 9.78 Å². The molecule has 1 amide bonds. The molecular formula is C18H19N3O. The van der Waals surface area contributed by atoms with Gasteiger partial charge in [0.1, 0.15) is 6.54 Å². The molecule has 1 heterocycles. The molecule has 0 atom stereocenters. The predicted molar refractivity (Wildman–Crippen MR) is 89.0 cm³/mol. The molecule has 3 aromatic rings. The van der Waals surface area contributed by atoms with E-state index in [2.05, 4.69) is 16.5 Å². The molecule has 2 aromatic carbocycles. The van der Waals surface area contributed by atoms with Crippen molar-refractivity contribution < 1.29 is 4.79 Å². The van der Waals surface area contributed by atoms with Gasteiger partial charge in [0.25, 0.3) is 0 Å². The Kier molecular flexibility index (Phi) is 3.67. The molecule has 22 heavy (non-hydrogen) atoms. The minimum atomic E-state index is -0.0693. The van der Waals surface area contributed by atoms with E-state index < -0.39 is 0 Å². The van der Waals surface area contributed by atoms with Gasteiger partial charge in [0.05, 0.1) is 11.2 Å². The topological polar surface area (TPSA) is 46.9 Å². The van der Waals surface area contributed by atoms with Crippen molar-refractivity contribution in [3.8, 4) is 0 Å². The van der Waals surface area contributed by atoms with E-state index in [4.69, 9.17) is 0 Å². The lowest BCUT2D eigenvalue weighted by atomic mass is 10.1. The SMILES string of the molecule is Cc1ccc(NC(=O)Cn2nc(C)c3ccccc32)c(C)c1. The highest BCUT2D eigenvalue weighted by Crippen LogP contribution is 2.19. The first-order valence-electron chi connectivity index (χ1n) is 7.34. The van der Waals surface area contributed by atoms with Gasteiger partial charge in [-0.1, -0.05) is 35.9 Å². The first-order chi connectivity index (χ1) is 10.5. The molecule has 0 aliphatic carbocycles. The minimum Gasteiger partial charge on any atom is -0.324 e. The van der Waals surface area contributed by atoms with Crippen LogP contribution in [-0.4, -0.2) is 15.7 Å². The molecule has 0 aliphatic heterocycles. The fraction of sp³-hybridized carbons (Fsp3) is 0.222. The molecule has 0 saturated heterocycles. The van der Waals surface area contributed by atoms with Crippen LogP contribution in [0.5, 0.6) is 0 Å². The number of benzene rings is 2. The molecule has 4 heteroatoms. The van der Waals surface area contributed by atoms with Crippen molar-refractivity contribution in [3.63, 3.8) is 0 Å². The second-order valence-corrected chi connectivity index (χ2v) is 5.63. The van der Waals surface area contributed by atoms with Gasteiger partial charge in [0, 0.05) is 11.1 Å². The van der Waals surface area contributed by atoms with E-state index in [-0.39, 0.29) is 12.5 Å². The van der Waals surface area contributed by atoms with E-state index in [1.54, 1.807) is 4.68 Å². The largest absolute Gasteiger partial charge is 0.324 e. The highest BCUT2D eigenvalue weighted by atomic mass is 16.2. The van der Waals surface area contributed by atoms with Crippen molar-refractivity contribution in [1.29, 1.82) is 0 Å². The standard InChI is InChI=1S/C18H19N3O/c1-12-8-9-16(13(2)10-12)19-18(22)11-21-17-7-5-4-6-15(17)14(3)20-21/h4-10H,11H2,1-3H3,(H,19,22). The molecule has 3 rings (SSSR count). The maximum absolute atomic E-state index is 12.3. The quantitative estimate of drug-likeness (QED) is 0.802. The van der Waals surface area contributed by atoms with Gasteiger partial charge in [0.15, 0.2) is 0 Å². The normalized spacial score (nSPS) is 10.9. The van der Waals surface area contributed by atoms with Crippen LogP contribution in [-0.2, 0) is 11.3 Å². The summed E-state index contributed by atoms with van der Waals surface area (Å²) >= 11 is 0. The van der Waals surface area contributed by atoms with Crippen LogP contribution in [0, 0.1) is 20.8 Å². The molecule has 0 spiro atoms. The smallest absolute Gasteiger partial charge is 0.246 e. The van der Waals surface area contributed by atoms with Gasteiger partial charge >= 0.3 is 0 Å². The number of nitrogens with one attached hydrogen (secondary N) is 1. The Morgan fingerprint density at radius 1 is 1.14 bits per heavy atom. The Morgan fingerprint density at radius 3 is 2.68 bits per heavy atom. The molecular weight excluding hydrogens is 274 g/mol. The van der Waals surface area contributed by atoms with Gasteiger partial charge in [0.2, 0.25) is 5.91 Å². The molecule has 0 bridgehead atoms. The second-order valence-electron chi connectivity index (χ2n) is 5.63. The first kappa shape index (κ1) is 14.3. The predicted octanol–water partition coefficient (Wildman–Crippen LogP) is 3.60. The lowest BCUT2D eigenvalue weighted by molar-refractivity contribution is -0.116. The highest BCUT2D eigenvalue weighted by Gasteiger charge is 2.11. The number of rotatable bonds is 3. The van der Waals surface area contributed by atoms with Crippen LogP contribution in [0.1, 0.15) is 16.8 Å². The van der Waals surface area contributed by atoms with E-state index >= 15 is 0 Å². The molecule has 1 N–H and O–H groups in total. The third-order valence-electron chi connectivity index (χ3n) is 3.79. The molecule has 0 aliphatic rings. The number of carbonyl (C=O) groups is 1. The number of hydrogen-bond donors (Lipinski definition) is 1. The van der Waals surface area contributed by atoms with E-state index in [0.29, 0.717) is 0 Å². The number of amides is 1. The fourth-order valence-electron chi connectivity index (χ4n) is 2.69. The van der Waals surface area contributed by atoms with Crippen LogP contribution in [0.4, 0.5) is 5.69 Å². The molecule has 1 aromatic heterocycles. The number of hydrogen-bond acceptors (Lipinski definition) is 2. The lowest BCUT2D eigenvalue weighted by Crippen LogP contribution is -2.20. The number of nitrogens with zero attached hydrogens (tertiary/aromatic N) is 2. The van der Waals surface area contributed by atoms with Crippen LogP contribution in [0.3, 0.4) is 0 Å². The van der Waals surface area contributed by atoms with Gasteiger partial charge in [-0.05, 0) is 38.5 Å². The number of para-hydroxylation sites is 1. The maximum Gasteiger partial charge on any atom is 0.246 e. The van der Waals surface area contributed by atoms with Gasteiger partial charge in [-0.25, -0.2) is 0 Å². The zero-order chi connectivity index (χ0) is 15.7. The summed E-state index contributed by atoms with van der Waals surface area (Å²) in [7, 11) is 0. The van der Waals surface area contributed by atoms with E-state index in [1.165, 1.54) is 5.56 Å². The van der Waals surface area contributed by atoms with Crippen LogP contribution in [0.15, 0.2) is 42.5 Å². The van der Waals surface area contributed by atoms with Crippen LogP contribution >= 0.6 is 0 Å². The second kappa shape index (κ2) is 5.64. The van der Waals surface area contributed by atoms with Crippen molar-refractivity contribution in [3.05, 3.63) is 59.3 Å². The fourth-order valence-corrected chi connectivity index (χ4v) is 2.69. The number of carbonyl (C=O) groups excluding carboxylic acids is 1. The zero-order valence-electron chi connectivity index (χ0n) is 13.1. The molecule has 0 saturated carbocycles. The monoisotopic (exact) mass is 293 g/mol. The summed E-state index contributed by atoms with van der Waals surface area (Å²) in [6.45, 7) is 6.20. The minimum absolute atomic E-state index is 0.0693. The number of aromatic nitrogens is 2. The summed E-state index contributed by atoms with van der Waals surface area (Å²) in [6, 6.07) is 13.9. The first-order valence-corrected chi connectivity index (χ1v) is 7.34. The summed E-state index contributed by atoms with van der Waals surface area (Å²) in [6.07, 6.45) is 0.